The Labute approximate surface area is 112 Å². The van der Waals surface area contributed by atoms with Crippen molar-refractivity contribution in [1.29, 1.82) is 0 Å². The van der Waals surface area contributed by atoms with Gasteiger partial charge in [0, 0.05) is 5.02 Å². The topological polar surface area (TPSA) is 58.9 Å². The normalized spacial score (nSPS) is 19.3. The largest absolute Gasteiger partial charge is 0.220 e. The van der Waals surface area contributed by atoms with Crippen LogP contribution in [0.3, 0.4) is 0 Å². The summed E-state index contributed by atoms with van der Waals surface area (Å²) in [6.07, 6.45) is 0. The molecule has 1 aliphatic heterocycles. The molecule has 1 aliphatic rings. The zero-order valence-corrected chi connectivity index (χ0v) is 11.5. The minimum Gasteiger partial charge on any atom is -0.184 e. The zero-order valence-electron chi connectivity index (χ0n) is 9.88. The molecule has 0 saturated heterocycles. The van der Waals surface area contributed by atoms with E-state index in [4.69, 9.17) is 11.6 Å². The standard InChI is InChI=1S/C12H11ClN2O2S/c1-7-11(9-3-5-10(13)6-4-9)12(18(16)17)8(2)15-14-7/h3-6,11H,1-2H3. The number of halogens is 1. The maximum Gasteiger partial charge on any atom is 0.220 e. The smallest absolute Gasteiger partial charge is 0.184 e. The first kappa shape index (κ1) is 13.0. The fourth-order valence-electron chi connectivity index (χ4n) is 1.92. The first-order chi connectivity index (χ1) is 8.50. The molecule has 0 saturated carbocycles. The lowest BCUT2D eigenvalue weighted by Crippen LogP contribution is -2.29. The highest BCUT2D eigenvalue weighted by Crippen LogP contribution is 2.24. The lowest BCUT2D eigenvalue weighted by molar-refractivity contribution is 0.627. The highest BCUT2D eigenvalue weighted by atomic mass is 35.5. The van der Waals surface area contributed by atoms with E-state index in [0.29, 0.717) is 16.4 Å². The first-order valence-electron chi connectivity index (χ1n) is 5.31. The summed E-state index contributed by atoms with van der Waals surface area (Å²) < 4.78 is 22.7. The van der Waals surface area contributed by atoms with Crippen LogP contribution < -0.4 is 0 Å². The number of benzene rings is 1. The Kier molecular flexibility index (Phi) is 3.63. The van der Waals surface area contributed by atoms with Crippen molar-refractivity contribution >= 4 is 38.2 Å². The Morgan fingerprint density at radius 3 is 2.28 bits per heavy atom. The van der Waals surface area contributed by atoms with Crippen LogP contribution in [0.5, 0.6) is 0 Å². The predicted molar refractivity (Wildman–Crippen MR) is 74.3 cm³/mol. The predicted octanol–water partition coefficient (Wildman–Crippen LogP) is 2.33. The second-order valence-electron chi connectivity index (χ2n) is 4.01. The number of hydrogen-bond acceptors (Lipinski definition) is 4. The molecular formula is C12H11ClN2O2S. The molecule has 0 radical (unpaired) electrons. The van der Waals surface area contributed by atoms with Gasteiger partial charge in [0.2, 0.25) is 10.3 Å². The van der Waals surface area contributed by atoms with E-state index in [0.717, 1.165) is 5.56 Å². The number of nitrogens with zero attached hydrogens (tertiary/aromatic N) is 2. The summed E-state index contributed by atoms with van der Waals surface area (Å²) in [5.74, 6) is -0.377. The molecule has 0 N–H and O–H groups in total. The molecule has 0 amide bonds. The van der Waals surface area contributed by atoms with Crippen LogP contribution in [0.15, 0.2) is 34.5 Å². The number of rotatable bonds is 1. The minimum atomic E-state index is -2.32. The van der Waals surface area contributed by atoms with Crippen LogP contribution in [0.4, 0.5) is 0 Å². The monoisotopic (exact) mass is 282 g/mol. The SMILES string of the molecule is CC1=NN=C(C)C(c2ccc(Cl)cc2)C1=S(=O)=O. The summed E-state index contributed by atoms with van der Waals surface area (Å²) in [7, 11) is -2.32. The van der Waals surface area contributed by atoms with Crippen molar-refractivity contribution in [3.8, 4) is 0 Å². The van der Waals surface area contributed by atoms with E-state index in [1.165, 1.54) is 0 Å². The van der Waals surface area contributed by atoms with Crippen LogP contribution in [0.2, 0.25) is 5.02 Å². The average Bonchev–Trinajstić information content (AvgIpc) is 2.32. The molecule has 4 nitrogen and oxygen atoms in total. The summed E-state index contributed by atoms with van der Waals surface area (Å²) in [5, 5.41) is 8.47. The quantitative estimate of drug-likeness (QED) is 0.742. The molecule has 0 aromatic heterocycles. The summed E-state index contributed by atoms with van der Waals surface area (Å²) in [6, 6.07) is 7.07. The van der Waals surface area contributed by atoms with Crippen molar-refractivity contribution in [2.75, 3.05) is 0 Å². The van der Waals surface area contributed by atoms with Crippen molar-refractivity contribution in [2.45, 2.75) is 19.8 Å². The maximum atomic E-state index is 11.4. The van der Waals surface area contributed by atoms with Crippen LogP contribution in [-0.2, 0) is 10.3 Å². The van der Waals surface area contributed by atoms with Gasteiger partial charge in [0.05, 0.1) is 17.3 Å². The molecule has 0 aliphatic carbocycles. The van der Waals surface area contributed by atoms with Gasteiger partial charge in [-0.05, 0) is 31.5 Å². The molecule has 1 aromatic carbocycles. The van der Waals surface area contributed by atoms with E-state index in [-0.39, 0.29) is 10.8 Å². The third-order valence-corrected chi connectivity index (χ3v) is 3.92. The van der Waals surface area contributed by atoms with Crippen molar-refractivity contribution in [3.05, 3.63) is 34.9 Å². The molecule has 2 rings (SSSR count). The van der Waals surface area contributed by atoms with Crippen molar-refractivity contribution < 1.29 is 8.42 Å². The Balaban J connectivity index is 2.61. The molecule has 18 heavy (non-hydrogen) atoms. The lowest BCUT2D eigenvalue weighted by atomic mass is 9.89. The lowest BCUT2D eigenvalue weighted by Gasteiger charge is -2.20. The van der Waals surface area contributed by atoms with Crippen molar-refractivity contribution in [2.24, 2.45) is 10.2 Å². The van der Waals surface area contributed by atoms with Crippen LogP contribution in [-0.4, -0.2) is 24.7 Å². The Bertz CT molecular complexity index is 665. The number of hydrogen-bond donors (Lipinski definition) is 0. The summed E-state index contributed by atoms with van der Waals surface area (Å²) in [6.45, 7) is 3.41. The van der Waals surface area contributed by atoms with Crippen LogP contribution in [0.25, 0.3) is 0 Å². The second-order valence-corrected chi connectivity index (χ2v) is 5.36. The molecule has 0 spiro atoms. The molecule has 1 unspecified atom stereocenters. The summed E-state index contributed by atoms with van der Waals surface area (Å²) in [5.41, 5.74) is 1.92. The van der Waals surface area contributed by atoms with Gasteiger partial charge < -0.3 is 0 Å². The zero-order chi connectivity index (χ0) is 13.3. The molecule has 0 fully saturated rings. The fraction of sp³-hybridized carbons (Fsp3) is 0.250. The van der Waals surface area contributed by atoms with Gasteiger partial charge in [-0.3, -0.25) is 0 Å². The van der Waals surface area contributed by atoms with Gasteiger partial charge in [-0.25, -0.2) is 0 Å². The van der Waals surface area contributed by atoms with Gasteiger partial charge >= 0.3 is 0 Å². The van der Waals surface area contributed by atoms with E-state index in [1.54, 1.807) is 38.1 Å². The Morgan fingerprint density at radius 1 is 1.11 bits per heavy atom. The average molecular weight is 283 g/mol. The van der Waals surface area contributed by atoms with E-state index in [9.17, 15) is 8.42 Å². The van der Waals surface area contributed by atoms with Crippen molar-refractivity contribution in [1.82, 2.24) is 0 Å². The van der Waals surface area contributed by atoms with Crippen LogP contribution in [0.1, 0.15) is 25.3 Å². The van der Waals surface area contributed by atoms with Gasteiger partial charge in [-0.15, -0.1) is 0 Å². The third-order valence-electron chi connectivity index (χ3n) is 2.78. The van der Waals surface area contributed by atoms with Gasteiger partial charge in [0.1, 0.15) is 4.86 Å². The van der Waals surface area contributed by atoms with E-state index in [1.807, 2.05) is 0 Å². The van der Waals surface area contributed by atoms with Crippen LogP contribution in [0, 0.1) is 0 Å². The Hall–Kier alpha value is -1.46. The van der Waals surface area contributed by atoms with Gasteiger partial charge in [0.15, 0.2) is 0 Å². The third kappa shape index (κ3) is 2.37. The minimum absolute atomic E-state index is 0.268. The van der Waals surface area contributed by atoms with E-state index < -0.39 is 10.3 Å². The van der Waals surface area contributed by atoms with Gasteiger partial charge in [-0.2, -0.15) is 18.6 Å². The molecule has 1 atom stereocenters. The molecule has 6 heteroatoms. The molecule has 94 valence electrons. The maximum absolute atomic E-state index is 11.4. The van der Waals surface area contributed by atoms with Crippen LogP contribution >= 0.6 is 11.6 Å². The highest BCUT2D eigenvalue weighted by molar-refractivity contribution is 7.75. The molecule has 1 aromatic rings. The van der Waals surface area contributed by atoms with E-state index >= 15 is 0 Å². The molecular weight excluding hydrogens is 272 g/mol. The molecule has 0 bridgehead atoms. The summed E-state index contributed by atoms with van der Waals surface area (Å²) in [4.78, 5) is 0.268. The first-order valence-corrected chi connectivity index (χ1v) is 6.76. The van der Waals surface area contributed by atoms with E-state index in [2.05, 4.69) is 10.2 Å². The molecule has 1 heterocycles. The second kappa shape index (κ2) is 5.04. The Morgan fingerprint density at radius 2 is 1.72 bits per heavy atom. The van der Waals surface area contributed by atoms with Crippen molar-refractivity contribution in [3.63, 3.8) is 0 Å². The fourth-order valence-corrected chi connectivity index (χ4v) is 2.83. The summed E-state index contributed by atoms with van der Waals surface area (Å²) >= 11 is 5.83. The highest BCUT2D eigenvalue weighted by Gasteiger charge is 2.28. The van der Waals surface area contributed by atoms with Gasteiger partial charge in [-0.1, -0.05) is 23.7 Å². The van der Waals surface area contributed by atoms with Gasteiger partial charge in [0.25, 0.3) is 0 Å².